The first kappa shape index (κ1) is 22.1. The lowest BCUT2D eigenvalue weighted by atomic mass is 9.90. The van der Waals surface area contributed by atoms with E-state index in [4.69, 9.17) is 10.5 Å². The molecule has 0 amide bonds. The van der Waals surface area contributed by atoms with Gasteiger partial charge < -0.3 is 25.7 Å². The summed E-state index contributed by atoms with van der Waals surface area (Å²) in [6, 6.07) is 19.6. The molecular weight excluding hydrogens is 436 g/mol. The Kier molecular flexibility index (Phi) is 6.10. The summed E-state index contributed by atoms with van der Waals surface area (Å²) in [6.45, 7) is 2.22. The van der Waals surface area contributed by atoms with Crippen molar-refractivity contribution < 1.29 is 4.74 Å². The van der Waals surface area contributed by atoms with Gasteiger partial charge in [0, 0.05) is 36.4 Å². The Morgan fingerprint density at radius 1 is 0.886 bits per heavy atom. The van der Waals surface area contributed by atoms with E-state index in [1.54, 1.807) is 6.33 Å². The molecule has 0 radical (unpaired) electrons. The molecule has 7 heteroatoms. The number of benzene rings is 2. The monoisotopic (exact) mass is 468 g/mol. The van der Waals surface area contributed by atoms with Crippen LogP contribution in [0.2, 0.25) is 0 Å². The number of ether oxygens (including phenoxy) is 1. The van der Waals surface area contributed by atoms with Gasteiger partial charge in [0.25, 0.3) is 0 Å². The average molecular weight is 469 g/mol. The minimum atomic E-state index is 0.418. The summed E-state index contributed by atoms with van der Waals surface area (Å²) in [5, 5.41) is 8.25. The number of para-hydroxylation sites is 1. The minimum absolute atomic E-state index is 0.418. The molecule has 4 aromatic rings. The van der Waals surface area contributed by atoms with Crippen LogP contribution < -0.4 is 21.1 Å². The van der Waals surface area contributed by atoms with Crippen LogP contribution in [-0.2, 0) is 0 Å². The first-order chi connectivity index (χ1) is 17.2. The van der Waals surface area contributed by atoms with Gasteiger partial charge in [0.1, 0.15) is 29.3 Å². The van der Waals surface area contributed by atoms with Crippen LogP contribution in [0.15, 0.2) is 67.1 Å². The fourth-order valence-electron chi connectivity index (χ4n) is 5.58. The van der Waals surface area contributed by atoms with Crippen molar-refractivity contribution in [1.29, 1.82) is 0 Å². The van der Waals surface area contributed by atoms with Crippen LogP contribution in [0.1, 0.15) is 38.1 Å². The quantitative estimate of drug-likeness (QED) is 0.373. The van der Waals surface area contributed by atoms with E-state index in [0.717, 1.165) is 59.6 Å². The fourth-order valence-corrected chi connectivity index (χ4v) is 5.58. The molecule has 1 atom stereocenters. The fraction of sp³-hybridized carbons (Fsp3) is 0.357. The van der Waals surface area contributed by atoms with Crippen molar-refractivity contribution in [2.75, 3.05) is 18.8 Å². The van der Waals surface area contributed by atoms with Crippen molar-refractivity contribution in [2.24, 2.45) is 0 Å². The van der Waals surface area contributed by atoms with Crippen LogP contribution >= 0.6 is 0 Å². The number of fused-ring (bicyclic) bond motifs is 1. The van der Waals surface area contributed by atoms with Crippen LogP contribution in [0.3, 0.4) is 0 Å². The normalized spacial score (nSPS) is 22.5. The zero-order chi connectivity index (χ0) is 23.6. The maximum atomic E-state index is 6.38. The van der Waals surface area contributed by atoms with Crippen LogP contribution in [0.4, 0.5) is 5.82 Å². The van der Waals surface area contributed by atoms with E-state index in [2.05, 4.69) is 43.5 Å². The maximum absolute atomic E-state index is 6.38. The Morgan fingerprint density at radius 3 is 2.40 bits per heavy atom. The Morgan fingerprint density at radius 2 is 1.66 bits per heavy atom. The van der Waals surface area contributed by atoms with Gasteiger partial charge in [0.2, 0.25) is 0 Å². The largest absolute Gasteiger partial charge is 0.457 e. The van der Waals surface area contributed by atoms with Crippen molar-refractivity contribution in [3.63, 3.8) is 0 Å². The number of hydrogen-bond acceptors (Lipinski definition) is 6. The smallest absolute Gasteiger partial charge is 0.146 e. The van der Waals surface area contributed by atoms with E-state index in [1.807, 2.05) is 42.5 Å². The zero-order valence-electron chi connectivity index (χ0n) is 19.9. The number of nitrogen functional groups attached to an aromatic ring is 1. The van der Waals surface area contributed by atoms with Crippen LogP contribution in [-0.4, -0.2) is 39.7 Å². The molecule has 0 spiro atoms. The Balaban J connectivity index is 1.24. The molecule has 2 aliphatic rings. The van der Waals surface area contributed by atoms with Crippen molar-refractivity contribution in [2.45, 2.75) is 50.2 Å². The Labute approximate surface area is 205 Å². The second-order valence-corrected chi connectivity index (χ2v) is 9.71. The molecule has 3 heterocycles. The maximum Gasteiger partial charge on any atom is 0.146 e. The molecule has 6 rings (SSSR count). The molecule has 35 heavy (non-hydrogen) atoms. The molecule has 2 aromatic heterocycles. The number of nitrogens with one attached hydrogen (secondary N) is 2. The highest BCUT2D eigenvalue weighted by molar-refractivity contribution is 6.00. The second kappa shape index (κ2) is 9.68. The molecule has 0 bridgehead atoms. The third-order valence-corrected chi connectivity index (χ3v) is 7.40. The summed E-state index contributed by atoms with van der Waals surface area (Å²) in [5.74, 6) is 2.15. The average Bonchev–Trinajstić information content (AvgIpc) is 3.55. The molecule has 2 aromatic carbocycles. The van der Waals surface area contributed by atoms with Crippen molar-refractivity contribution in [3.05, 3.63) is 67.1 Å². The molecular formula is C28H32N6O. The van der Waals surface area contributed by atoms with Crippen LogP contribution in [0.5, 0.6) is 11.5 Å². The van der Waals surface area contributed by atoms with E-state index in [0.29, 0.717) is 23.9 Å². The lowest BCUT2D eigenvalue weighted by Crippen LogP contribution is -2.41. The summed E-state index contributed by atoms with van der Waals surface area (Å²) >= 11 is 0. The molecule has 0 unspecified atom stereocenters. The highest BCUT2D eigenvalue weighted by Crippen LogP contribution is 2.38. The number of hydrogen-bond donors (Lipinski definition) is 3. The van der Waals surface area contributed by atoms with Gasteiger partial charge in [-0.3, -0.25) is 0 Å². The topological polar surface area (TPSA) is 90.0 Å². The lowest BCUT2D eigenvalue weighted by molar-refractivity contribution is 0.280. The number of rotatable bonds is 6. The van der Waals surface area contributed by atoms with E-state index < -0.39 is 0 Å². The van der Waals surface area contributed by atoms with Gasteiger partial charge in [-0.15, -0.1) is 0 Å². The first-order valence-corrected chi connectivity index (χ1v) is 12.7. The van der Waals surface area contributed by atoms with E-state index in [1.165, 1.54) is 19.3 Å². The third kappa shape index (κ3) is 4.61. The Bertz CT molecular complexity index is 1270. The summed E-state index contributed by atoms with van der Waals surface area (Å²) in [7, 11) is 0. The van der Waals surface area contributed by atoms with Crippen LogP contribution in [0, 0.1) is 0 Å². The molecule has 1 saturated heterocycles. The van der Waals surface area contributed by atoms with Gasteiger partial charge in [-0.1, -0.05) is 30.3 Å². The predicted octanol–water partition coefficient (Wildman–Crippen LogP) is 4.91. The van der Waals surface area contributed by atoms with E-state index in [9.17, 15) is 0 Å². The predicted molar refractivity (Wildman–Crippen MR) is 140 cm³/mol. The molecule has 1 aliphatic heterocycles. The number of nitrogens with two attached hydrogens (primary N) is 1. The molecule has 1 aliphatic carbocycles. The molecule has 1 saturated carbocycles. The number of aromatic nitrogens is 3. The summed E-state index contributed by atoms with van der Waals surface area (Å²) < 4.78 is 8.31. The summed E-state index contributed by atoms with van der Waals surface area (Å²) in [5.41, 5.74) is 9.46. The molecule has 2 fully saturated rings. The first-order valence-electron chi connectivity index (χ1n) is 12.7. The van der Waals surface area contributed by atoms with E-state index >= 15 is 0 Å². The van der Waals surface area contributed by atoms with Gasteiger partial charge in [-0.05, 0) is 68.5 Å². The Hall–Kier alpha value is -3.42. The standard InChI is InChI=1S/C28H32N6O/c29-27-26-25(19-6-12-24(13-7-19)35-23-4-2-1-3-5-23)17-34(28(26)32-18-31-27)22-10-8-20(9-11-22)33-21-14-15-30-16-21/h1-7,12-13,17-18,20-22,30,33H,8-11,14-16H2,(H2,29,31,32)/t20?,21-,22?/m1/s1. The molecule has 4 N–H and O–H groups in total. The zero-order valence-corrected chi connectivity index (χ0v) is 19.9. The molecule has 7 nitrogen and oxygen atoms in total. The highest BCUT2D eigenvalue weighted by atomic mass is 16.5. The van der Waals surface area contributed by atoms with Crippen molar-refractivity contribution in [1.82, 2.24) is 25.2 Å². The number of nitrogens with zero attached hydrogens (tertiary/aromatic N) is 3. The van der Waals surface area contributed by atoms with Gasteiger partial charge >= 0.3 is 0 Å². The molecule has 180 valence electrons. The highest BCUT2D eigenvalue weighted by Gasteiger charge is 2.27. The van der Waals surface area contributed by atoms with Crippen molar-refractivity contribution >= 4 is 16.9 Å². The SMILES string of the molecule is Nc1ncnc2c1c(-c1ccc(Oc3ccccc3)cc1)cn2C1CCC(N[C@@H]2CCNC2)CC1. The summed E-state index contributed by atoms with van der Waals surface area (Å²) in [4.78, 5) is 8.97. The number of anilines is 1. The lowest BCUT2D eigenvalue weighted by Gasteiger charge is -2.32. The van der Waals surface area contributed by atoms with E-state index in [-0.39, 0.29) is 0 Å². The second-order valence-electron chi connectivity index (χ2n) is 9.71. The summed E-state index contributed by atoms with van der Waals surface area (Å²) in [6.07, 6.45) is 9.67. The van der Waals surface area contributed by atoms with Gasteiger partial charge in [-0.2, -0.15) is 0 Å². The third-order valence-electron chi connectivity index (χ3n) is 7.40. The van der Waals surface area contributed by atoms with Crippen LogP contribution in [0.25, 0.3) is 22.2 Å². The van der Waals surface area contributed by atoms with Gasteiger partial charge in [0.05, 0.1) is 5.39 Å². The minimum Gasteiger partial charge on any atom is -0.457 e. The van der Waals surface area contributed by atoms with Crippen molar-refractivity contribution in [3.8, 4) is 22.6 Å². The van der Waals surface area contributed by atoms with Gasteiger partial charge in [-0.25, -0.2) is 9.97 Å². The van der Waals surface area contributed by atoms with Gasteiger partial charge in [0.15, 0.2) is 0 Å².